The van der Waals surface area contributed by atoms with Gasteiger partial charge in [-0.2, -0.15) is 0 Å². The average molecular weight is 241 g/mol. The highest BCUT2D eigenvalue weighted by atomic mass is 16.7. The summed E-state index contributed by atoms with van der Waals surface area (Å²) in [4.78, 5) is 13.9. The Morgan fingerprint density at radius 1 is 1.29 bits per heavy atom. The molecule has 2 saturated heterocycles. The summed E-state index contributed by atoms with van der Waals surface area (Å²) >= 11 is 0. The van der Waals surface area contributed by atoms with Crippen molar-refractivity contribution in [3.05, 3.63) is 0 Å². The lowest BCUT2D eigenvalue weighted by atomic mass is 10.0. The van der Waals surface area contributed by atoms with Crippen LogP contribution in [0.1, 0.15) is 39.0 Å². The Balaban J connectivity index is 1.74. The fourth-order valence-corrected chi connectivity index (χ4v) is 2.37. The summed E-state index contributed by atoms with van der Waals surface area (Å²) in [5.74, 6) is 0.969. The summed E-state index contributed by atoms with van der Waals surface area (Å²) in [7, 11) is 0. The summed E-state index contributed by atoms with van der Waals surface area (Å²) in [5.41, 5.74) is 0. The van der Waals surface area contributed by atoms with E-state index < -0.39 is 0 Å². The predicted octanol–water partition coefficient (Wildman–Crippen LogP) is 1.79. The molecule has 0 aliphatic carbocycles. The van der Waals surface area contributed by atoms with Crippen molar-refractivity contribution in [3.8, 4) is 0 Å². The van der Waals surface area contributed by atoms with Gasteiger partial charge in [-0.05, 0) is 25.2 Å². The molecular formula is C13H23NO3. The summed E-state index contributed by atoms with van der Waals surface area (Å²) < 4.78 is 11.0. The molecule has 98 valence electrons. The van der Waals surface area contributed by atoms with E-state index in [2.05, 4.69) is 6.92 Å². The number of carbonyl (C=O) groups excluding carboxylic acids is 1. The topological polar surface area (TPSA) is 38.8 Å². The second kappa shape index (κ2) is 6.36. The van der Waals surface area contributed by atoms with Gasteiger partial charge in [0.15, 0.2) is 6.29 Å². The molecule has 0 saturated carbocycles. The highest BCUT2D eigenvalue weighted by Crippen LogP contribution is 2.18. The molecule has 0 bridgehead atoms. The Labute approximate surface area is 103 Å². The van der Waals surface area contributed by atoms with E-state index in [4.69, 9.17) is 9.47 Å². The van der Waals surface area contributed by atoms with E-state index in [0.717, 1.165) is 52.0 Å². The molecule has 0 aromatic rings. The SMILES string of the molecule is CC1CCC(=O)N(CCC2OCCCO2)CC1. The third-order valence-electron chi connectivity index (χ3n) is 3.63. The maximum Gasteiger partial charge on any atom is 0.222 e. The van der Waals surface area contributed by atoms with Gasteiger partial charge in [-0.25, -0.2) is 0 Å². The van der Waals surface area contributed by atoms with Crippen LogP contribution in [0, 0.1) is 5.92 Å². The molecule has 2 rings (SSSR count). The first-order valence-electron chi connectivity index (χ1n) is 6.76. The quantitative estimate of drug-likeness (QED) is 0.756. The lowest BCUT2D eigenvalue weighted by Gasteiger charge is -2.26. The maximum atomic E-state index is 11.9. The minimum atomic E-state index is -0.0998. The largest absolute Gasteiger partial charge is 0.353 e. The van der Waals surface area contributed by atoms with Crippen LogP contribution < -0.4 is 0 Å². The van der Waals surface area contributed by atoms with Gasteiger partial charge in [0.1, 0.15) is 0 Å². The van der Waals surface area contributed by atoms with Crippen LogP contribution >= 0.6 is 0 Å². The lowest BCUT2D eigenvalue weighted by molar-refractivity contribution is -0.183. The number of hydrogen-bond donors (Lipinski definition) is 0. The zero-order chi connectivity index (χ0) is 12.1. The van der Waals surface area contributed by atoms with E-state index in [1.807, 2.05) is 4.90 Å². The Morgan fingerprint density at radius 2 is 2.06 bits per heavy atom. The molecule has 2 fully saturated rings. The van der Waals surface area contributed by atoms with Crippen molar-refractivity contribution in [1.82, 2.24) is 4.90 Å². The number of likely N-dealkylation sites (tertiary alicyclic amines) is 1. The van der Waals surface area contributed by atoms with Crippen molar-refractivity contribution in [2.24, 2.45) is 5.92 Å². The maximum absolute atomic E-state index is 11.9. The first-order valence-corrected chi connectivity index (χ1v) is 6.76. The molecule has 4 heteroatoms. The van der Waals surface area contributed by atoms with E-state index in [9.17, 15) is 4.79 Å². The lowest BCUT2D eigenvalue weighted by Crippen LogP contribution is -2.35. The molecule has 1 amide bonds. The van der Waals surface area contributed by atoms with Gasteiger partial charge in [0, 0.05) is 25.9 Å². The molecule has 0 N–H and O–H groups in total. The molecule has 2 aliphatic heterocycles. The third kappa shape index (κ3) is 3.96. The van der Waals surface area contributed by atoms with Crippen LogP contribution in [0.3, 0.4) is 0 Å². The van der Waals surface area contributed by atoms with E-state index >= 15 is 0 Å². The molecule has 0 radical (unpaired) electrons. The van der Waals surface area contributed by atoms with Crippen LogP contribution in [0.4, 0.5) is 0 Å². The Morgan fingerprint density at radius 3 is 2.82 bits per heavy atom. The molecule has 4 nitrogen and oxygen atoms in total. The van der Waals surface area contributed by atoms with E-state index in [-0.39, 0.29) is 6.29 Å². The van der Waals surface area contributed by atoms with Gasteiger partial charge < -0.3 is 14.4 Å². The number of carbonyl (C=O) groups is 1. The second-order valence-electron chi connectivity index (χ2n) is 5.13. The van der Waals surface area contributed by atoms with Crippen molar-refractivity contribution in [1.29, 1.82) is 0 Å². The van der Waals surface area contributed by atoms with Crippen molar-refractivity contribution >= 4 is 5.91 Å². The fraction of sp³-hybridized carbons (Fsp3) is 0.923. The number of rotatable bonds is 3. The zero-order valence-electron chi connectivity index (χ0n) is 10.7. The summed E-state index contributed by atoms with van der Waals surface area (Å²) in [6.45, 7) is 5.47. The first kappa shape index (κ1) is 12.8. The third-order valence-corrected chi connectivity index (χ3v) is 3.63. The van der Waals surface area contributed by atoms with E-state index in [0.29, 0.717) is 18.2 Å². The zero-order valence-corrected chi connectivity index (χ0v) is 10.7. The smallest absolute Gasteiger partial charge is 0.222 e. The minimum Gasteiger partial charge on any atom is -0.353 e. The standard InChI is InChI=1S/C13H23NO3/c1-11-3-4-12(15)14(7-5-11)8-6-13-16-9-2-10-17-13/h11,13H,2-10H2,1H3. The van der Waals surface area contributed by atoms with Crippen LogP contribution in [0.15, 0.2) is 0 Å². The van der Waals surface area contributed by atoms with Crippen LogP contribution in [-0.4, -0.2) is 43.4 Å². The Hall–Kier alpha value is -0.610. The molecule has 1 unspecified atom stereocenters. The van der Waals surface area contributed by atoms with Gasteiger partial charge in [-0.15, -0.1) is 0 Å². The fourth-order valence-electron chi connectivity index (χ4n) is 2.37. The normalized spacial score (nSPS) is 28.2. The summed E-state index contributed by atoms with van der Waals surface area (Å²) in [6, 6.07) is 0. The Bertz CT molecular complexity index is 251. The number of ether oxygens (including phenoxy) is 2. The van der Waals surface area contributed by atoms with Crippen molar-refractivity contribution in [2.45, 2.75) is 45.3 Å². The summed E-state index contributed by atoms with van der Waals surface area (Å²) in [6.07, 6.45) is 4.55. The van der Waals surface area contributed by atoms with Crippen LogP contribution in [0.5, 0.6) is 0 Å². The van der Waals surface area contributed by atoms with E-state index in [1.165, 1.54) is 0 Å². The molecule has 2 aliphatic rings. The van der Waals surface area contributed by atoms with Crippen molar-refractivity contribution in [3.63, 3.8) is 0 Å². The molecule has 0 aromatic carbocycles. The number of amides is 1. The van der Waals surface area contributed by atoms with Gasteiger partial charge >= 0.3 is 0 Å². The highest BCUT2D eigenvalue weighted by Gasteiger charge is 2.22. The first-order chi connectivity index (χ1) is 8.25. The number of hydrogen-bond acceptors (Lipinski definition) is 3. The molecule has 17 heavy (non-hydrogen) atoms. The number of nitrogens with zero attached hydrogens (tertiary/aromatic N) is 1. The van der Waals surface area contributed by atoms with Gasteiger partial charge in [0.05, 0.1) is 13.2 Å². The molecular weight excluding hydrogens is 218 g/mol. The van der Waals surface area contributed by atoms with E-state index in [1.54, 1.807) is 0 Å². The molecule has 1 atom stereocenters. The highest BCUT2D eigenvalue weighted by molar-refractivity contribution is 5.76. The van der Waals surface area contributed by atoms with Crippen LogP contribution in [0.2, 0.25) is 0 Å². The van der Waals surface area contributed by atoms with Gasteiger partial charge in [0.25, 0.3) is 0 Å². The van der Waals surface area contributed by atoms with Crippen molar-refractivity contribution < 1.29 is 14.3 Å². The second-order valence-corrected chi connectivity index (χ2v) is 5.13. The van der Waals surface area contributed by atoms with Gasteiger partial charge in [-0.3, -0.25) is 4.79 Å². The van der Waals surface area contributed by atoms with Crippen LogP contribution in [0.25, 0.3) is 0 Å². The summed E-state index contributed by atoms with van der Waals surface area (Å²) in [5, 5.41) is 0. The average Bonchev–Trinajstić information content (AvgIpc) is 2.52. The monoisotopic (exact) mass is 241 g/mol. The Kier molecular flexibility index (Phi) is 4.80. The molecule has 2 heterocycles. The van der Waals surface area contributed by atoms with Crippen LogP contribution in [-0.2, 0) is 14.3 Å². The van der Waals surface area contributed by atoms with Gasteiger partial charge in [0.2, 0.25) is 5.91 Å². The predicted molar refractivity (Wildman–Crippen MR) is 64.5 cm³/mol. The van der Waals surface area contributed by atoms with Crippen molar-refractivity contribution in [2.75, 3.05) is 26.3 Å². The minimum absolute atomic E-state index is 0.0998. The molecule has 0 aromatic heterocycles. The molecule has 0 spiro atoms. The van der Waals surface area contributed by atoms with Gasteiger partial charge in [-0.1, -0.05) is 6.92 Å².